The molecule has 2 nitrogen and oxygen atoms in total. The number of hydrogen-bond acceptors (Lipinski definition) is 2. The van der Waals surface area contributed by atoms with Crippen LogP contribution in [0.2, 0.25) is 0 Å². The Morgan fingerprint density at radius 2 is 0.854 bits per heavy atom. The van der Waals surface area contributed by atoms with Gasteiger partial charge in [0.15, 0.2) is 0 Å². The van der Waals surface area contributed by atoms with Crippen molar-refractivity contribution in [1.82, 2.24) is 9.80 Å². The number of nitrogens with zero attached hydrogens (tertiary/aromatic N) is 2. The van der Waals surface area contributed by atoms with Crippen molar-refractivity contribution >= 4 is 11.4 Å². The van der Waals surface area contributed by atoms with Crippen molar-refractivity contribution in [2.75, 3.05) is 6.67 Å². The highest BCUT2D eigenvalue weighted by Gasteiger charge is 2.45. The highest BCUT2D eigenvalue weighted by molar-refractivity contribution is 5.74. The molecule has 0 bridgehead atoms. The molecule has 41 heavy (non-hydrogen) atoms. The third-order valence-electron chi connectivity index (χ3n) is 8.03. The van der Waals surface area contributed by atoms with Crippen molar-refractivity contribution in [2.45, 2.75) is 66.0 Å². The Labute approximate surface area is 237 Å². The van der Waals surface area contributed by atoms with E-state index in [0.717, 1.165) is 46.8 Å². The van der Waals surface area contributed by atoms with E-state index in [0.29, 0.717) is 17.8 Å². The highest BCUT2D eigenvalue weighted by Crippen LogP contribution is 2.47. The fourth-order valence-electron chi connectivity index (χ4n) is 5.59. The predicted molar refractivity (Wildman–Crippen MR) is 150 cm³/mol. The standard InChI is InChI=1S/C33H34F6N2/c1-30(2,3)24-15-26(20-7-11-22(12-8-20)32(34,35)36)40-19-41-27(21-9-13-23(14-10-21)33(37,38)39)16-25(31(4,5)6)18-29(41)28(40)17-24/h7-18,28-29H,19H2,1-6H3. The van der Waals surface area contributed by atoms with E-state index in [9.17, 15) is 26.3 Å². The summed E-state index contributed by atoms with van der Waals surface area (Å²) >= 11 is 0. The summed E-state index contributed by atoms with van der Waals surface area (Å²) in [5.74, 6) is 0. The zero-order valence-corrected chi connectivity index (χ0v) is 24.0. The molecule has 2 unspecified atom stereocenters. The van der Waals surface area contributed by atoms with Crippen LogP contribution in [0.15, 0.2) is 84.0 Å². The zero-order valence-electron chi connectivity index (χ0n) is 24.0. The van der Waals surface area contributed by atoms with Gasteiger partial charge in [-0.25, -0.2) is 0 Å². The lowest BCUT2D eigenvalue weighted by Crippen LogP contribution is -2.38. The van der Waals surface area contributed by atoms with E-state index in [1.54, 1.807) is 0 Å². The van der Waals surface area contributed by atoms with Gasteiger partial charge in [0.05, 0.1) is 29.9 Å². The van der Waals surface area contributed by atoms with Crippen molar-refractivity contribution in [3.8, 4) is 0 Å². The van der Waals surface area contributed by atoms with E-state index in [2.05, 4.69) is 63.5 Å². The molecule has 8 heteroatoms. The third kappa shape index (κ3) is 5.57. The second-order valence-electron chi connectivity index (χ2n) is 13.0. The Hall–Kier alpha value is -3.42. The maximum Gasteiger partial charge on any atom is 0.416 e. The molecular weight excluding hydrogens is 538 g/mol. The maximum absolute atomic E-state index is 13.3. The Morgan fingerprint density at radius 1 is 0.537 bits per heavy atom. The van der Waals surface area contributed by atoms with Gasteiger partial charge in [0.1, 0.15) is 0 Å². The van der Waals surface area contributed by atoms with Crippen LogP contribution in [0.3, 0.4) is 0 Å². The van der Waals surface area contributed by atoms with Crippen LogP contribution in [0.5, 0.6) is 0 Å². The number of alkyl halides is 6. The minimum atomic E-state index is -4.43. The zero-order chi connectivity index (χ0) is 30.1. The number of benzene rings is 2. The summed E-state index contributed by atoms with van der Waals surface area (Å²) in [6.07, 6.45) is -0.305. The van der Waals surface area contributed by atoms with Gasteiger partial charge >= 0.3 is 12.4 Å². The van der Waals surface area contributed by atoms with Gasteiger partial charge in [-0.05, 0) is 69.5 Å². The van der Waals surface area contributed by atoms with E-state index < -0.39 is 23.5 Å². The summed E-state index contributed by atoms with van der Waals surface area (Å²) in [6, 6.07) is 10.2. The molecule has 0 spiro atoms. The van der Waals surface area contributed by atoms with Crippen molar-refractivity contribution in [3.63, 3.8) is 0 Å². The molecule has 0 amide bonds. The first-order chi connectivity index (χ1) is 18.8. The molecule has 2 aromatic carbocycles. The van der Waals surface area contributed by atoms with Gasteiger partial charge < -0.3 is 9.80 Å². The van der Waals surface area contributed by atoms with Crippen molar-refractivity contribution in [1.29, 1.82) is 0 Å². The molecule has 0 radical (unpaired) electrons. The Bertz CT molecular complexity index is 1330. The largest absolute Gasteiger partial charge is 0.416 e. The number of fused-ring (bicyclic) bond motifs is 3. The molecule has 218 valence electrons. The molecule has 0 saturated carbocycles. The van der Waals surface area contributed by atoms with Gasteiger partial charge in [0.25, 0.3) is 0 Å². The van der Waals surface area contributed by atoms with Crippen LogP contribution in [-0.2, 0) is 12.4 Å². The second-order valence-corrected chi connectivity index (χ2v) is 13.0. The molecule has 2 aromatic rings. The molecule has 1 fully saturated rings. The number of hydrogen-bond donors (Lipinski definition) is 0. The minimum Gasteiger partial charge on any atom is -0.344 e. The average molecular weight is 573 g/mol. The van der Waals surface area contributed by atoms with E-state index in [-0.39, 0.29) is 22.9 Å². The van der Waals surface area contributed by atoms with Crippen molar-refractivity contribution < 1.29 is 26.3 Å². The smallest absolute Gasteiger partial charge is 0.344 e. The van der Waals surface area contributed by atoms with E-state index in [1.807, 2.05) is 12.2 Å². The number of rotatable bonds is 2. The van der Waals surface area contributed by atoms with Crippen molar-refractivity contribution in [2.24, 2.45) is 10.8 Å². The van der Waals surface area contributed by atoms with Crippen LogP contribution in [0.1, 0.15) is 63.8 Å². The lowest BCUT2D eigenvalue weighted by Gasteiger charge is -2.37. The normalized spacial score (nSPS) is 21.6. The first-order valence-electron chi connectivity index (χ1n) is 13.6. The van der Waals surface area contributed by atoms with E-state index in [1.165, 1.54) is 24.3 Å². The SMILES string of the molecule is CC(C)(C)C1=CC2C3C=C(C(C)(C)C)C=C(c4ccc(C(F)(F)F)cc4)N3CN2C(c2ccc(C(F)(F)F)cc2)=C1. The van der Waals surface area contributed by atoms with Gasteiger partial charge in [0, 0.05) is 11.4 Å². The van der Waals surface area contributed by atoms with Crippen LogP contribution in [0.4, 0.5) is 26.3 Å². The summed E-state index contributed by atoms with van der Waals surface area (Å²) in [5, 5.41) is 0. The summed E-state index contributed by atoms with van der Waals surface area (Å²) < 4.78 is 79.8. The predicted octanol–water partition coefficient (Wildman–Crippen LogP) is 9.39. The third-order valence-corrected chi connectivity index (χ3v) is 8.03. The lowest BCUT2D eigenvalue weighted by molar-refractivity contribution is -0.138. The van der Waals surface area contributed by atoms with Crippen LogP contribution in [-0.4, -0.2) is 28.6 Å². The molecule has 0 aliphatic carbocycles. The Kier molecular flexibility index (Phi) is 6.79. The van der Waals surface area contributed by atoms with E-state index >= 15 is 0 Å². The summed E-state index contributed by atoms with van der Waals surface area (Å²) in [4.78, 5) is 4.37. The average Bonchev–Trinajstić information content (AvgIpc) is 3.24. The molecular formula is C33H34F6N2. The first kappa shape index (κ1) is 29.1. The second kappa shape index (κ2) is 9.57. The van der Waals surface area contributed by atoms with E-state index in [4.69, 9.17) is 0 Å². The van der Waals surface area contributed by atoms with Crippen LogP contribution in [0, 0.1) is 10.8 Å². The van der Waals surface area contributed by atoms with Crippen molar-refractivity contribution in [3.05, 3.63) is 106 Å². The molecule has 1 saturated heterocycles. The molecule has 3 heterocycles. The molecule has 0 N–H and O–H groups in total. The monoisotopic (exact) mass is 572 g/mol. The topological polar surface area (TPSA) is 6.48 Å². The van der Waals surface area contributed by atoms with Gasteiger partial charge in [-0.15, -0.1) is 0 Å². The van der Waals surface area contributed by atoms with Gasteiger partial charge in [-0.2, -0.15) is 26.3 Å². The Morgan fingerprint density at radius 3 is 1.12 bits per heavy atom. The summed E-state index contributed by atoms with van der Waals surface area (Å²) in [6.45, 7) is 13.1. The molecule has 2 atom stereocenters. The number of halogens is 6. The maximum atomic E-state index is 13.3. The Balaban J connectivity index is 1.61. The first-order valence-corrected chi connectivity index (χ1v) is 13.6. The molecule has 3 aliphatic rings. The van der Waals surface area contributed by atoms with Gasteiger partial charge in [-0.3, -0.25) is 0 Å². The molecule has 0 aromatic heterocycles. The summed E-state index contributed by atoms with van der Waals surface area (Å²) in [7, 11) is 0. The minimum absolute atomic E-state index is 0.123. The van der Waals surface area contributed by atoms with Crippen LogP contribution in [0.25, 0.3) is 11.4 Å². The fourth-order valence-corrected chi connectivity index (χ4v) is 5.59. The molecule has 3 aliphatic heterocycles. The van der Waals surface area contributed by atoms with Crippen LogP contribution >= 0.6 is 0 Å². The fraction of sp³-hybridized carbons (Fsp3) is 0.394. The lowest BCUT2D eigenvalue weighted by atomic mass is 9.79. The summed E-state index contributed by atoms with van der Waals surface area (Å²) in [5.41, 5.74) is 3.32. The number of allylic oxidation sites excluding steroid dienone is 4. The highest BCUT2D eigenvalue weighted by atomic mass is 19.4. The van der Waals surface area contributed by atoms with Crippen LogP contribution < -0.4 is 0 Å². The molecule has 5 rings (SSSR count). The van der Waals surface area contributed by atoms with Gasteiger partial charge in [0.2, 0.25) is 0 Å². The van der Waals surface area contributed by atoms with Gasteiger partial charge in [-0.1, -0.05) is 78.0 Å². The quantitative estimate of drug-likeness (QED) is 0.331.